The quantitative estimate of drug-likeness (QED) is 0.593. The molecule has 0 aliphatic heterocycles. The fraction of sp³-hybridized carbons (Fsp3) is 0.0667. The summed E-state index contributed by atoms with van der Waals surface area (Å²) < 4.78 is 3.74. The number of carbonyl (C=O) groups excluding carboxylic acids is 1. The average molecular weight is 296 g/mol. The fourth-order valence-corrected chi connectivity index (χ4v) is 2.34. The molecule has 3 rings (SSSR count). The summed E-state index contributed by atoms with van der Waals surface area (Å²) in [4.78, 5) is 19.7. The van der Waals surface area contributed by atoms with Crippen molar-refractivity contribution in [1.82, 2.24) is 19.6 Å². The van der Waals surface area contributed by atoms with E-state index in [0.717, 1.165) is 11.3 Å². The second kappa shape index (κ2) is 5.80. The zero-order valence-electron chi connectivity index (χ0n) is 11.3. The molecule has 0 spiro atoms. The summed E-state index contributed by atoms with van der Waals surface area (Å²) in [5, 5.41) is 5.63. The molecule has 21 heavy (non-hydrogen) atoms. The van der Waals surface area contributed by atoms with Gasteiger partial charge >= 0.3 is 0 Å². The number of hydrogen-bond acceptors (Lipinski definition) is 5. The lowest BCUT2D eigenvalue weighted by atomic mass is 10.2. The zero-order chi connectivity index (χ0) is 14.7. The highest BCUT2D eigenvalue weighted by Crippen LogP contribution is 2.18. The Morgan fingerprint density at radius 3 is 2.81 bits per heavy atom. The van der Waals surface area contributed by atoms with Crippen LogP contribution < -0.4 is 0 Å². The first-order valence-electron chi connectivity index (χ1n) is 6.35. The average Bonchev–Trinajstić information content (AvgIpc) is 3.15. The number of rotatable bonds is 4. The molecule has 0 atom stereocenters. The number of nitrogens with zero attached hydrogens (tertiary/aromatic N) is 3. The van der Waals surface area contributed by atoms with Crippen molar-refractivity contribution in [1.29, 1.82) is 0 Å². The van der Waals surface area contributed by atoms with Crippen molar-refractivity contribution >= 4 is 23.4 Å². The molecule has 0 unspecified atom stereocenters. The van der Waals surface area contributed by atoms with Gasteiger partial charge in [0.25, 0.3) is 0 Å². The highest BCUT2D eigenvalue weighted by Gasteiger charge is 2.13. The Bertz CT molecular complexity index is 775. The lowest BCUT2D eigenvalue weighted by Gasteiger charge is -1.93. The van der Waals surface area contributed by atoms with E-state index >= 15 is 0 Å². The molecule has 0 radical (unpaired) electrons. The van der Waals surface area contributed by atoms with Crippen LogP contribution in [0.15, 0.2) is 41.8 Å². The van der Waals surface area contributed by atoms with Crippen molar-refractivity contribution in [3.8, 4) is 11.4 Å². The van der Waals surface area contributed by atoms with Crippen molar-refractivity contribution < 1.29 is 4.79 Å². The van der Waals surface area contributed by atoms with Crippen LogP contribution >= 0.6 is 11.5 Å². The molecular weight excluding hydrogens is 284 g/mol. The van der Waals surface area contributed by atoms with Crippen LogP contribution in [0.3, 0.4) is 0 Å². The second-order valence-corrected chi connectivity index (χ2v) is 5.06. The number of nitrogens with one attached hydrogen (secondary N) is 1. The first-order valence-corrected chi connectivity index (χ1v) is 7.19. The Balaban J connectivity index is 1.86. The molecule has 5 nitrogen and oxygen atoms in total. The molecule has 0 amide bonds. The van der Waals surface area contributed by atoms with Crippen molar-refractivity contribution in [2.24, 2.45) is 0 Å². The highest BCUT2D eigenvalue weighted by molar-refractivity contribution is 7.03. The molecule has 2 aromatic heterocycles. The summed E-state index contributed by atoms with van der Waals surface area (Å²) in [6.45, 7) is 1.84. The predicted octanol–water partition coefficient (Wildman–Crippen LogP) is 3.13. The molecule has 0 fully saturated rings. The standard InChI is InChI=1S/C15H12N4OS/c1-10-14(13(20)8-7-12-9-21-19-18-12)17-15(16-10)11-5-3-2-4-6-11/h2-9H,1H3,(H,16,17). The SMILES string of the molecule is Cc1[nH]c(-c2ccccc2)nc1C(=O)C=Cc1csnn1. The number of hydrogen-bond donors (Lipinski definition) is 1. The number of benzene rings is 1. The lowest BCUT2D eigenvalue weighted by Crippen LogP contribution is -1.97. The molecule has 0 aliphatic rings. The van der Waals surface area contributed by atoms with Gasteiger partial charge in [0.15, 0.2) is 0 Å². The van der Waals surface area contributed by atoms with Gasteiger partial charge in [-0.25, -0.2) is 4.98 Å². The molecule has 0 saturated carbocycles. The molecule has 0 aliphatic carbocycles. The van der Waals surface area contributed by atoms with Crippen molar-refractivity contribution in [3.63, 3.8) is 0 Å². The number of aromatic nitrogens is 4. The Kier molecular flexibility index (Phi) is 3.70. The van der Waals surface area contributed by atoms with Gasteiger partial charge in [-0.2, -0.15) is 0 Å². The molecule has 104 valence electrons. The van der Waals surface area contributed by atoms with E-state index in [1.165, 1.54) is 17.6 Å². The number of imidazole rings is 1. The van der Waals surface area contributed by atoms with Crippen molar-refractivity contribution in [3.05, 3.63) is 58.9 Å². The monoisotopic (exact) mass is 296 g/mol. The third kappa shape index (κ3) is 2.95. The van der Waals surface area contributed by atoms with E-state index in [0.29, 0.717) is 17.2 Å². The van der Waals surface area contributed by atoms with Gasteiger partial charge in [0, 0.05) is 16.6 Å². The van der Waals surface area contributed by atoms with Gasteiger partial charge in [-0.15, -0.1) is 5.10 Å². The number of carbonyl (C=O) groups is 1. The Morgan fingerprint density at radius 1 is 1.29 bits per heavy atom. The smallest absolute Gasteiger partial charge is 0.206 e. The van der Waals surface area contributed by atoms with Crippen LogP contribution in [-0.4, -0.2) is 25.3 Å². The van der Waals surface area contributed by atoms with Gasteiger partial charge in [0.1, 0.15) is 11.5 Å². The van der Waals surface area contributed by atoms with Gasteiger partial charge < -0.3 is 4.98 Å². The maximum absolute atomic E-state index is 12.2. The summed E-state index contributed by atoms with van der Waals surface area (Å²) in [7, 11) is 0. The van der Waals surface area contributed by atoms with Crippen LogP contribution in [0.4, 0.5) is 0 Å². The minimum Gasteiger partial charge on any atom is -0.341 e. The van der Waals surface area contributed by atoms with E-state index in [-0.39, 0.29) is 5.78 Å². The maximum atomic E-state index is 12.2. The van der Waals surface area contributed by atoms with Crippen LogP contribution in [-0.2, 0) is 0 Å². The lowest BCUT2D eigenvalue weighted by molar-refractivity contribution is 0.104. The maximum Gasteiger partial charge on any atom is 0.206 e. The molecule has 1 N–H and O–H groups in total. The van der Waals surface area contributed by atoms with E-state index in [9.17, 15) is 4.79 Å². The molecular formula is C15H12N4OS. The van der Waals surface area contributed by atoms with Crippen LogP contribution in [0.2, 0.25) is 0 Å². The molecule has 6 heteroatoms. The van der Waals surface area contributed by atoms with Gasteiger partial charge in [-0.05, 0) is 30.6 Å². The minimum atomic E-state index is -0.154. The van der Waals surface area contributed by atoms with Gasteiger partial charge in [0.05, 0.1) is 5.69 Å². The van der Waals surface area contributed by atoms with Gasteiger partial charge in [0.2, 0.25) is 5.78 Å². The first kappa shape index (κ1) is 13.4. The number of ketones is 1. The van der Waals surface area contributed by atoms with Crippen molar-refractivity contribution in [2.45, 2.75) is 6.92 Å². The molecule has 3 aromatic rings. The van der Waals surface area contributed by atoms with Crippen LogP contribution in [0.5, 0.6) is 0 Å². The van der Waals surface area contributed by atoms with E-state index in [1.807, 2.05) is 37.3 Å². The normalized spacial score (nSPS) is 11.1. The molecule has 2 heterocycles. The number of aromatic amines is 1. The molecule has 1 aromatic carbocycles. The Hall–Kier alpha value is -2.60. The van der Waals surface area contributed by atoms with E-state index in [4.69, 9.17) is 0 Å². The van der Waals surface area contributed by atoms with Gasteiger partial charge in [-0.3, -0.25) is 4.79 Å². The molecule has 0 saturated heterocycles. The second-order valence-electron chi connectivity index (χ2n) is 4.45. The first-order chi connectivity index (χ1) is 10.2. The minimum absolute atomic E-state index is 0.154. The number of allylic oxidation sites excluding steroid dienone is 1. The summed E-state index contributed by atoms with van der Waals surface area (Å²) >= 11 is 1.25. The Labute approximate surface area is 125 Å². The number of H-pyrrole nitrogens is 1. The summed E-state index contributed by atoms with van der Waals surface area (Å²) in [5.41, 5.74) is 2.80. The van der Waals surface area contributed by atoms with E-state index in [1.54, 1.807) is 11.5 Å². The van der Waals surface area contributed by atoms with Crippen LogP contribution in [0.25, 0.3) is 17.5 Å². The van der Waals surface area contributed by atoms with E-state index < -0.39 is 0 Å². The van der Waals surface area contributed by atoms with Crippen LogP contribution in [0.1, 0.15) is 21.9 Å². The summed E-state index contributed by atoms with van der Waals surface area (Å²) in [6.07, 6.45) is 3.11. The molecule has 0 bridgehead atoms. The Morgan fingerprint density at radius 2 is 2.10 bits per heavy atom. The largest absolute Gasteiger partial charge is 0.341 e. The fourth-order valence-electron chi connectivity index (χ4n) is 1.92. The number of aryl methyl sites for hydroxylation is 1. The zero-order valence-corrected chi connectivity index (χ0v) is 12.1. The van der Waals surface area contributed by atoms with Crippen LogP contribution in [0, 0.1) is 6.92 Å². The topological polar surface area (TPSA) is 71.5 Å². The van der Waals surface area contributed by atoms with E-state index in [2.05, 4.69) is 19.6 Å². The third-order valence-corrected chi connectivity index (χ3v) is 3.47. The predicted molar refractivity (Wildman–Crippen MR) is 82.0 cm³/mol. The third-order valence-electron chi connectivity index (χ3n) is 2.95. The highest BCUT2D eigenvalue weighted by atomic mass is 32.1. The summed E-state index contributed by atoms with van der Waals surface area (Å²) in [5.74, 6) is 0.541. The van der Waals surface area contributed by atoms with Gasteiger partial charge in [-0.1, -0.05) is 34.8 Å². The summed E-state index contributed by atoms with van der Waals surface area (Å²) in [6, 6.07) is 9.70. The van der Waals surface area contributed by atoms with Crippen molar-refractivity contribution in [2.75, 3.05) is 0 Å².